The molecule has 3 heterocycles. The van der Waals surface area contributed by atoms with E-state index < -0.39 is 23.5 Å². The van der Waals surface area contributed by atoms with E-state index in [4.69, 9.17) is 20.9 Å². The van der Waals surface area contributed by atoms with Crippen LogP contribution in [0.3, 0.4) is 0 Å². The third kappa shape index (κ3) is 2.51. The molecule has 2 saturated heterocycles. The fourth-order valence-electron chi connectivity index (χ4n) is 4.64. The van der Waals surface area contributed by atoms with E-state index in [-0.39, 0.29) is 35.7 Å². The molecule has 0 aromatic rings. The van der Waals surface area contributed by atoms with Crippen molar-refractivity contribution < 1.29 is 23.9 Å². The van der Waals surface area contributed by atoms with Gasteiger partial charge in [0.2, 0.25) is 11.6 Å². The van der Waals surface area contributed by atoms with Crippen LogP contribution in [-0.4, -0.2) is 71.6 Å². The summed E-state index contributed by atoms with van der Waals surface area (Å²) in [6.45, 7) is 4.41. The molecule has 0 aromatic heterocycles. The molecule has 1 aliphatic carbocycles. The number of rotatable bonds is 6. The Morgan fingerprint density at radius 3 is 2.71 bits per heavy atom. The van der Waals surface area contributed by atoms with Crippen molar-refractivity contribution in [3.8, 4) is 0 Å². The highest BCUT2D eigenvalue weighted by Gasteiger charge is 2.72. The van der Waals surface area contributed by atoms with Gasteiger partial charge in [0.05, 0.1) is 23.4 Å². The molecule has 152 valence electrons. The summed E-state index contributed by atoms with van der Waals surface area (Å²) in [6.07, 6.45) is -0.947. The number of nitrogens with one attached hydrogen (secondary N) is 1. The van der Waals surface area contributed by atoms with Crippen LogP contribution in [0.1, 0.15) is 13.8 Å². The fraction of sp³-hybridized carbons (Fsp3) is 0.611. The quantitative estimate of drug-likeness (QED) is 0.390. The molecular weight excluding hydrogens is 384 g/mol. The van der Waals surface area contributed by atoms with E-state index >= 15 is 0 Å². The maximum absolute atomic E-state index is 13.4. The number of primary amides is 1. The van der Waals surface area contributed by atoms with Crippen LogP contribution in [0.5, 0.6) is 0 Å². The Balaban J connectivity index is 1.76. The summed E-state index contributed by atoms with van der Waals surface area (Å²) < 4.78 is 10.9. The van der Waals surface area contributed by atoms with Gasteiger partial charge in [-0.05, 0) is 5.25 Å². The molecule has 0 radical (unpaired) electrons. The monoisotopic (exact) mass is 408 g/mol. The molecule has 0 bridgehead atoms. The number of ether oxygens (including phenoxy) is 2. The molecule has 4 atom stereocenters. The first-order valence-electron chi connectivity index (χ1n) is 9.18. The second-order valence-electron chi connectivity index (χ2n) is 7.67. The van der Waals surface area contributed by atoms with E-state index in [0.717, 1.165) is 0 Å². The van der Waals surface area contributed by atoms with Gasteiger partial charge in [0.15, 0.2) is 5.72 Å². The predicted molar refractivity (Wildman–Crippen MR) is 102 cm³/mol. The number of amides is 1. The van der Waals surface area contributed by atoms with Crippen molar-refractivity contribution in [2.75, 3.05) is 26.0 Å². The number of hydrogen-bond donors (Lipinski definition) is 3. The highest BCUT2D eigenvalue weighted by Crippen LogP contribution is 2.55. The van der Waals surface area contributed by atoms with Crippen LogP contribution >= 0.6 is 11.8 Å². The number of allylic oxidation sites excluding steroid dienone is 2. The van der Waals surface area contributed by atoms with Crippen molar-refractivity contribution in [1.29, 1.82) is 0 Å². The molecule has 0 saturated carbocycles. The number of carbonyl (C=O) groups excluding carboxylic acids is 3. The molecule has 3 aliphatic heterocycles. The molecule has 10 heteroatoms. The Kier molecular flexibility index (Phi) is 4.48. The van der Waals surface area contributed by atoms with E-state index in [1.807, 2.05) is 18.7 Å². The number of nitrogens with two attached hydrogens (primary N) is 2. The minimum atomic E-state index is -0.975. The average Bonchev–Trinajstić information content (AvgIpc) is 3.24. The summed E-state index contributed by atoms with van der Waals surface area (Å²) in [5, 5.41) is 3.61. The third-order valence-electron chi connectivity index (χ3n) is 5.89. The number of carbonyl (C=O) groups is 3. The first-order chi connectivity index (χ1) is 13.2. The van der Waals surface area contributed by atoms with E-state index in [0.29, 0.717) is 28.8 Å². The lowest BCUT2D eigenvalue weighted by Gasteiger charge is -2.39. The maximum Gasteiger partial charge on any atom is 0.404 e. The zero-order chi connectivity index (χ0) is 20.4. The zero-order valence-corrected chi connectivity index (χ0v) is 16.8. The smallest absolute Gasteiger partial charge is 0.404 e. The van der Waals surface area contributed by atoms with Gasteiger partial charge in [0.25, 0.3) is 0 Å². The number of thioether (sulfide) groups is 1. The minimum Gasteiger partial charge on any atom is -0.449 e. The van der Waals surface area contributed by atoms with E-state index in [1.165, 1.54) is 7.11 Å². The summed E-state index contributed by atoms with van der Waals surface area (Å²) in [5.41, 5.74) is 11.2. The lowest BCUT2D eigenvalue weighted by Crippen LogP contribution is -2.55. The van der Waals surface area contributed by atoms with Gasteiger partial charge in [-0.15, -0.1) is 0 Å². The number of ketones is 2. The number of methoxy groups -OCH3 is 1. The average molecular weight is 408 g/mol. The van der Waals surface area contributed by atoms with E-state index in [2.05, 4.69) is 5.32 Å². The van der Waals surface area contributed by atoms with Crippen molar-refractivity contribution in [3.63, 3.8) is 0 Å². The van der Waals surface area contributed by atoms with Crippen molar-refractivity contribution >= 4 is 29.4 Å². The Labute approximate surface area is 166 Å². The summed E-state index contributed by atoms with van der Waals surface area (Å²) >= 11 is 1.55. The van der Waals surface area contributed by atoms with E-state index in [1.54, 1.807) is 11.8 Å². The maximum atomic E-state index is 13.4. The fourth-order valence-corrected chi connectivity index (χ4v) is 5.42. The molecule has 9 nitrogen and oxygen atoms in total. The number of fused-ring (bicyclic) bond motifs is 4. The Bertz CT molecular complexity index is 838. The highest BCUT2D eigenvalue weighted by molar-refractivity contribution is 8.00. The normalized spacial score (nSPS) is 33.4. The zero-order valence-electron chi connectivity index (χ0n) is 16.0. The molecular formula is C18H24N4O5S. The number of nitrogens with zero attached hydrogens (tertiary/aromatic N) is 1. The summed E-state index contributed by atoms with van der Waals surface area (Å²) in [7, 11) is 1.53. The SMILES string of the molecule is CO[C@@]12[C@H](COC(N)=O)C3=C(C(=O)C(CSC(C)C)=C(N)C3=O)N1C[C@@H]1N[C@@H]12. The molecule has 1 amide bonds. The first-order valence-corrected chi connectivity index (χ1v) is 10.2. The van der Waals surface area contributed by atoms with Gasteiger partial charge >= 0.3 is 6.09 Å². The van der Waals surface area contributed by atoms with Crippen LogP contribution in [0.2, 0.25) is 0 Å². The van der Waals surface area contributed by atoms with Gasteiger partial charge in [0.1, 0.15) is 6.61 Å². The second kappa shape index (κ2) is 6.50. The largest absolute Gasteiger partial charge is 0.449 e. The standard InChI is InChI=1S/C18H24N4O5S/c1-7(2)28-6-8-12(19)15(24)11-9(5-27-17(20)25)18(26-3)16-10(21-16)4-22(18)13(11)14(8)23/h7,9-10,16,21H,4-6,19H2,1-3H3,(H2,20,25)/t9-,10+,16+,18-/m1/s1. The van der Waals surface area contributed by atoms with Crippen LogP contribution < -0.4 is 16.8 Å². The molecule has 28 heavy (non-hydrogen) atoms. The van der Waals surface area contributed by atoms with Gasteiger partial charge < -0.3 is 31.2 Å². The Morgan fingerprint density at radius 1 is 1.39 bits per heavy atom. The lowest BCUT2D eigenvalue weighted by molar-refractivity contribution is -0.137. The lowest BCUT2D eigenvalue weighted by atomic mass is 9.82. The number of Topliss-reactive ketones (excluding diaryl/α,β-unsaturated/α-hetero) is 2. The summed E-state index contributed by atoms with van der Waals surface area (Å²) in [5.74, 6) is -0.925. The highest BCUT2D eigenvalue weighted by atomic mass is 32.2. The molecule has 4 rings (SSSR count). The van der Waals surface area contributed by atoms with Gasteiger partial charge in [-0.1, -0.05) is 13.8 Å². The van der Waals surface area contributed by atoms with Crippen molar-refractivity contribution in [2.45, 2.75) is 36.9 Å². The Morgan fingerprint density at radius 2 is 2.11 bits per heavy atom. The van der Waals surface area contributed by atoms with Crippen molar-refractivity contribution in [3.05, 3.63) is 22.5 Å². The summed E-state index contributed by atoms with van der Waals surface area (Å²) in [6, 6.07) is 0.0876. The van der Waals surface area contributed by atoms with Crippen LogP contribution in [0.25, 0.3) is 0 Å². The third-order valence-corrected chi connectivity index (χ3v) is 7.01. The van der Waals surface area contributed by atoms with Crippen molar-refractivity contribution in [1.82, 2.24) is 10.2 Å². The molecule has 5 N–H and O–H groups in total. The van der Waals surface area contributed by atoms with E-state index in [9.17, 15) is 14.4 Å². The van der Waals surface area contributed by atoms with Crippen LogP contribution in [-0.2, 0) is 19.1 Å². The van der Waals surface area contributed by atoms with Crippen LogP contribution in [0.4, 0.5) is 4.79 Å². The topological polar surface area (TPSA) is 147 Å². The van der Waals surface area contributed by atoms with Crippen molar-refractivity contribution in [2.24, 2.45) is 17.4 Å². The predicted octanol–water partition coefficient (Wildman–Crippen LogP) is -0.529. The first kappa shape index (κ1) is 19.3. The number of hydrogen-bond acceptors (Lipinski definition) is 9. The van der Waals surface area contributed by atoms with Crippen LogP contribution in [0.15, 0.2) is 22.5 Å². The molecule has 4 aliphatic rings. The number of piperazine rings is 1. The van der Waals surface area contributed by atoms with Crippen LogP contribution in [0, 0.1) is 5.92 Å². The summed E-state index contributed by atoms with van der Waals surface area (Å²) in [4.78, 5) is 39.7. The molecule has 0 spiro atoms. The Hall–Kier alpha value is -2.04. The molecule has 0 aromatic carbocycles. The molecule has 0 unspecified atom stereocenters. The molecule has 2 fully saturated rings. The second-order valence-corrected chi connectivity index (χ2v) is 9.24. The van der Waals surface area contributed by atoms with Gasteiger partial charge in [0, 0.05) is 36.6 Å². The van der Waals surface area contributed by atoms with Gasteiger partial charge in [-0.2, -0.15) is 11.8 Å². The van der Waals surface area contributed by atoms with Gasteiger partial charge in [-0.25, -0.2) is 4.79 Å². The minimum absolute atomic E-state index is 0.0336. The van der Waals surface area contributed by atoms with Gasteiger partial charge in [-0.3, -0.25) is 9.59 Å².